The van der Waals surface area contributed by atoms with Gasteiger partial charge in [-0.2, -0.15) is 0 Å². The van der Waals surface area contributed by atoms with Gasteiger partial charge in [-0.3, -0.25) is 0 Å². The van der Waals surface area contributed by atoms with Crippen LogP contribution in [-0.4, -0.2) is 25.7 Å². The minimum absolute atomic E-state index is 0.255. The smallest absolute Gasteiger partial charge is 0.319 e. The molecule has 1 fully saturated rings. The second-order valence-corrected chi connectivity index (χ2v) is 5.50. The summed E-state index contributed by atoms with van der Waals surface area (Å²) >= 11 is 11.8. The second kappa shape index (κ2) is 6.98. The van der Waals surface area contributed by atoms with Crippen molar-refractivity contribution in [2.45, 2.75) is 12.8 Å². The molecule has 1 heterocycles. The number of anilines is 1. The summed E-state index contributed by atoms with van der Waals surface area (Å²) in [5, 5.41) is 9.83. The molecular formula is C13H17Cl2N3O. The van der Waals surface area contributed by atoms with Crippen molar-refractivity contribution >= 4 is 34.9 Å². The lowest BCUT2D eigenvalue weighted by atomic mass is 10.1. The fourth-order valence-corrected chi connectivity index (χ4v) is 2.45. The summed E-state index contributed by atoms with van der Waals surface area (Å²) in [7, 11) is 0. The minimum Gasteiger partial charge on any atom is -0.338 e. The summed E-state index contributed by atoms with van der Waals surface area (Å²) in [4.78, 5) is 11.7. The van der Waals surface area contributed by atoms with E-state index in [0.29, 0.717) is 28.2 Å². The fourth-order valence-electron chi connectivity index (χ4n) is 2.11. The second-order valence-electron chi connectivity index (χ2n) is 4.65. The van der Waals surface area contributed by atoms with Crippen LogP contribution in [0, 0.1) is 5.92 Å². The molecule has 1 saturated heterocycles. The summed E-state index contributed by atoms with van der Waals surface area (Å²) in [5.41, 5.74) is 0.522. The standard InChI is InChI=1S/C13H17Cl2N3O/c14-10-1-2-11(15)12(7-10)18-13(19)17-6-4-9-3-5-16-8-9/h1-2,7,9,16H,3-6,8H2,(H2,17,18,19). The van der Waals surface area contributed by atoms with Gasteiger partial charge >= 0.3 is 6.03 Å². The molecule has 1 aliphatic rings. The number of halogens is 2. The van der Waals surface area contributed by atoms with Gasteiger partial charge in [0.25, 0.3) is 0 Å². The van der Waals surface area contributed by atoms with E-state index in [1.54, 1.807) is 18.2 Å². The molecule has 0 saturated carbocycles. The molecule has 19 heavy (non-hydrogen) atoms. The molecule has 2 rings (SSSR count). The highest BCUT2D eigenvalue weighted by Crippen LogP contribution is 2.25. The Bertz CT molecular complexity index is 448. The number of benzene rings is 1. The quantitative estimate of drug-likeness (QED) is 0.800. The molecule has 1 atom stereocenters. The van der Waals surface area contributed by atoms with E-state index < -0.39 is 0 Å². The van der Waals surface area contributed by atoms with Crippen LogP contribution in [0.2, 0.25) is 10.0 Å². The lowest BCUT2D eigenvalue weighted by molar-refractivity contribution is 0.251. The van der Waals surface area contributed by atoms with E-state index in [1.165, 1.54) is 6.42 Å². The van der Waals surface area contributed by atoms with Crippen molar-refractivity contribution in [3.05, 3.63) is 28.2 Å². The van der Waals surface area contributed by atoms with E-state index in [4.69, 9.17) is 23.2 Å². The summed E-state index contributed by atoms with van der Waals surface area (Å²) in [6.45, 7) is 2.79. The van der Waals surface area contributed by atoms with Crippen molar-refractivity contribution in [1.82, 2.24) is 10.6 Å². The molecule has 6 heteroatoms. The molecule has 0 spiro atoms. The third-order valence-corrected chi connectivity index (χ3v) is 3.74. The van der Waals surface area contributed by atoms with Crippen molar-refractivity contribution in [1.29, 1.82) is 0 Å². The lowest BCUT2D eigenvalue weighted by Gasteiger charge is -2.11. The van der Waals surface area contributed by atoms with Gasteiger partial charge in [0.2, 0.25) is 0 Å². The number of hydrogen-bond donors (Lipinski definition) is 3. The van der Waals surface area contributed by atoms with Crippen LogP contribution in [0.1, 0.15) is 12.8 Å². The molecule has 0 aliphatic carbocycles. The van der Waals surface area contributed by atoms with Gasteiger partial charge in [0.15, 0.2) is 0 Å². The van der Waals surface area contributed by atoms with E-state index >= 15 is 0 Å². The van der Waals surface area contributed by atoms with Crippen LogP contribution in [0.15, 0.2) is 18.2 Å². The Morgan fingerprint density at radius 1 is 1.42 bits per heavy atom. The predicted octanol–water partition coefficient (Wildman–Crippen LogP) is 3.11. The number of hydrogen-bond acceptors (Lipinski definition) is 2. The first kappa shape index (κ1) is 14.4. The Hall–Kier alpha value is -0.970. The monoisotopic (exact) mass is 301 g/mol. The van der Waals surface area contributed by atoms with Crippen LogP contribution in [0.25, 0.3) is 0 Å². The zero-order valence-electron chi connectivity index (χ0n) is 10.5. The van der Waals surface area contributed by atoms with E-state index in [9.17, 15) is 4.79 Å². The maximum atomic E-state index is 11.7. The topological polar surface area (TPSA) is 53.2 Å². The normalized spacial score (nSPS) is 18.3. The van der Waals surface area contributed by atoms with Crippen LogP contribution in [0.5, 0.6) is 0 Å². The Labute approximate surface area is 122 Å². The molecule has 0 aromatic heterocycles. The van der Waals surface area contributed by atoms with E-state index in [1.807, 2.05) is 0 Å². The number of urea groups is 1. The van der Waals surface area contributed by atoms with Crippen LogP contribution >= 0.6 is 23.2 Å². The first-order valence-corrected chi connectivity index (χ1v) is 7.11. The Morgan fingerprint density at radius 3 is 3.00 bits per heavy atom. The Morgan fingerprint density at radius 2 is 2.26 bits per heavy atom. The van der Waals surface area contributed by atoms with Crippen molar-refractivity contribution in [3.63, 3.8) is 0 Å². The first-order chi connectivity index (χ1) is 9.15. The summed E-state index contributed by atoms with van der Waals surface area (Å²) in [6.07, 6.45) is 2.17. The van der Waals surface area contributed by atoms with Gasteiger partial charge in [-0.1, -0.05) is 23.2 Å². The molecule has 1 aliphatic heterocycles. The third kappa shape index (κ3) is 4.56. The molecule has 1 aromatic carbocycles. The van der Waals surface area contributed by atoms with Gasteiger partial charge in [-0.25, -0.2) is 4.79 Å². The summed E-state index contributed by atoms with van der Waals surface area (Å²) in [6, 6.07) is 4.71. The van der Waals surface area contributed by atoms with E-state index in [2.05, 4.69) is 16.0 Å². The van der Waals surface area contributed by atoms with Crippen molar-refractivity contribution in [3.8, 4) is 0 Å². The molecule has 104 valence electrons. The molecule has 0 bridgehead atoms. The van der Waals surface area contributed by atoms with Crippen LogP contribution in [0.3, 0.4) is 0 Å². The van der Waals surface area contributed by atoms with Crippen LogP contribution < -0.4 is 16.0 Å². The van der Waals surface area contributed by atoms with Crippen LogP contribution in [-0.2, 0) is 0 Å². The Kier molecular flexibility index (Phi) is 5.31. The zero-order valence-corrected chi connectivity index (χ0v) is 12.0. The number of nitrogens with one attached hydrogen (secondary N) is 3. The van der Waals surface area contributed by atoms with E-state index in [-0.39, 0.29) is 6.03 Å². The first-order valence-electron chi connectivity index (χ1n) is 6.36. The highest BCUT2D eigenvalue weighted by atomic mass is 35.5. The number of carbonyl (C=O) groups is 1. The molecule has 2 amide bonds. The zero-order chi connectivity index (χ0) is 13.7. The number of carbonyl (C=O) groups excluding carboxylic acids is 1. The SMILES string of the molecule is O=C(NCCC1CCNC1)Nc1cc(Cl)ccc1Cl. The van der Waals surface area contributed by atoms with Gasteiger partial charge in [0.05, 0.1) is 10.7 Å². The van der Waals surface area contributed by atoms with Gasteiger partial charge in [0, 0.05) is 11.6 Å². The highest BCUT2D eigenvalue weighted by molar-refractivity contribution is 6.35. The van der Waals surface area contributed by atoms with Crippen molar-refractivity contribution in [2.75, 3.05) is 25.0 Å². The number of rotatable bonds is 4. The summed E-state index contributed by atoms with van der Waals surface area (Å²) in [5.74, 6) is 0.662. The van der Waals surface area contributed by atoms with Gasteiger partial charge in [-0.05, 0) is 50.0 Å². The summed E-state index contributed by atoms with van der Waals surface area (Å²) < 4.78 is 0. The fraction of sp³-hybridized carbons (Fsp3) is 0.462. The maximum absolute atomic E-state index is 11.7. The molecule has 1 unspecified atom stereocenters. The molecule has 3 N–H and O–H groups in total. The number of amides is 2. The van der Waals surface area contributed by atoms with Crippen LogP contribution in [0.4, 0.5) is 10.5 Å². The van der Waals surface area contributed by atoms with Gasteiger partial charge in [0.1, 0.15) is 0 Å². The van der Waals surface area contributed by atoms with Gasteiger partial charge in [-0.15, -0.1) is 0 Å². The largest absolute Gasteiger partial charge is 0.338 e. The third-order valence-electron chi connectivity index (χ3n) is 3.18. The average Bonchev–Trinajstić information content (AvgIpc) is 2.87. The average molecular weight is 302 g/mol. The Balaban J connectivity index is 1.75. The lowest BCUT2D eigenvalue weighted by Crippen LogP contribution is -2.30. The highest BCUT2D eigenvalue weighted by Gasteiger charge is 2.14. The molecular weight excluding hydrogens is 285 g/mol. The molecule has 0 radical (unpaired) electrons. The van der Waals surface area contributed by atoms with Crippen molar-refractivity contribution < 1.29 is 4.79 Å². The minimum atomic E-state index is -0.255. The molecule has 4 nitrogen and oxygen atoms in total. The van der Waals surface area contributed by atoms with E-state index in [0.717, 1.165) is 19.5 Å². The maximum Gasteiger partial charge on any atom is 0.319 e. The predicted molar refractivity (Wildman–Crippen MR) is 79.1 cm³/mol. The van der Waals surface area contributed by atoms with Crippen molar-refractivity contribution in [2.24, 2.45) is 5.92 Å². The van der Waals surface area contributed by atoms with Gasteiger partial charge < -0.3 is 16.0 Å². The molecule has 1 aromatic rings.